The summed E-state index contributed by atoms with van der Waals surface area (Å²) in [5.41, 5.74) is 3.54. The Morgan fingerprint density at radius 1 is 0.694 bits per heavy atom. The number of benzene rings is 2. The Balaban J connectivity index is 0.0000123. The minimum atomic E-state index is -4.80. The average molecular weight is 1320 g/mol. The predicted octanol–water partition coefficient (Wildman–Crippen LogP) is 2.64. The van der Waals surface area contributed by atoms with E-state index in [0.29, 0.717) is 87.0 Å². The number of amides is 2. The van der Waals surface area contributed by atoms with E-state index in [9.17, 15) is 71.9 Å². The van der Waals surface area contributed by atoms with Gasteiger partial charge in [0, 0.05) is 118 Å². The molecular formula is C55H74N6Ni2O20S2-2. The summed E-state index contributed by atoms with van der Waals surface area (Å²) in [6.07, 6.45) is 11.2. The molecule has 2 heterocycles. The van der Waals surface area contributed by atoms with E-state index in [1.165, 1.54) is 12.1 Å². The van der Waals surface area contributed by atoms with E-state index in [2.05, 4.69) is 43.3 Å². The number of carboxylic acid groups (broad SMARTS) is 6. The number of carbonyl (C=O) groups is 8. The van der Waals surface area contributed by atoms with Crippen molar-refractivity contribution in [3.63, 3.8) is 0 Å². The Kier molecular flexibility index (Phi) is 31.7. The minimum Gasteiger partial charge on any atom is -0.744 e. The maximum Gasteiger partial charge on any atom is 0.320 e. The minimum absolute atomic E-state index is 0. The molecule has 2 unspecified atom stereocenters. The number of hydrogen-bond acceptors (Lipinski definition) is 19. The first-order chi connectivity index (χ1) is 39.1. The van der Waals surface area contributed by atoms with Crippen LogP contribution >= 0.6 is 12.0 Å². The van der Waals surface area contributed by atoms with Gasteiger partial charge in [0.2, 0.25) is 17.5 Å². The number of aliphatic carboxylic acids is 6. The number of anilines is 1. The van der Waals surface area contributed by atoms with Crippen LogP contribution in [0.15, 0.2) is 70.1 Å². The zero-order valence-corrected chi connectivity index (χ0v) is 51.1. The molecule has 0 radical (unpaired) electrons. The number of unbranched alkanes of at least 4 members (excludes halogenated alkanes) is 6. The number of allylic oxidation sites excluding steroid dienone is 4. The second-order valence-electron chi connectivity index (χ2n) is 21.3. The molecule has 0 spiro atoms. The number of rotatable bonds is 40. The third-order valence-corrected chi connectivity index (χ3v) is 15.9. The molecule has 0 aliphatic carbocycles. The van der Waals surface area contributed by atoms with Crippen molar-refractivity contribution in [3.8, 4) is 0 Å². The fourth-order valence-electron chi connectivity index (χ4n) is 10.5. The second-order valence-corrected chi connectivity index (χ2v) is 23.4. The van der Waals surface area contributed by atoms with Crippen molar-refractivity contribution in [2.75, 3.05) is 57.3 Å². The van der Waals surface area contributed by atoms with Gasteiger partial charge in [-0.05, 0) is 120 Å². The normalized spacial score (nSPS) is 15.2. The van der Waals surface area contributed by atoms with Gasteiger partial charge in [0.25, 0.3) is 0 Å². The van der Waals surface area contributed by atoms with Gasteiger partial charge in [0.15, 0.2) is 5.71 Å². The third kappa shape index (κ3) is 23.1. The third-order valence-electron chi connectivity index (χ3n) is 14.5. The summed E-state index contributed by atoms with van der Waals surface area (Å²) in [5, 5.41) is 77.7. The van der Waals surface area contributed by atoms with Crippen LogP contribution < -0.4 is 25.9 Å². The molecular weight excluding hydrogens is 1250 g/mol. The van der Waals surface area contributed by atoms with Gasteiger partial charge in [-0.15, -0.1) is 0 Å². The molecule has 0 saturated carbocycles. The fraction of sp³-hybridized carbons (Fsp3) is 0.545. The van der Waals surface area contributed by atoms with E-state index in [-0.39, 0.29) is 94.9 Å². The quantitative estimate of drug-likeness (QED) is 0.00959. The van der Waals surface area contributed by atoms with E-state index in [0.717, 1.165) is 44.5 Å². The van der Waals surface area contributed by atoms with Gasteiger partial charge in [-0.2, -0.15) is 8.91 Å². The number of nitrogens with one attached hydrogen (secondary N) is 2. The van der Waals surface area contributed by atoms with E-state index in [4.69, 9.17) is 15.3 Å². The van der Waals surface area contributed by atoms with Gasteiger partial charge in [-0.25, -0.2) is 8.42 Å². The molecule has 0 bridgehead atoms. The first-order valence-electron chi connectivity index (χ1n) is 27.1. The largest absolute Gasteiger partial charge is 0.744 e. The molecule has 2 amide bonds. The van der Waals surface area contributed by atoms with Crippen molar-refractivity contribution < 1.29 is 134 Å². The molecule has 478 valence electrons. The fourth-order valence-corrected chi connectivity index (χ4v) is 11.4. The summed E-state index contributed by atoms with van der Waals surface area (Å²) >= 11 is 0.764. The van der Waals surface area contributed by atoms with Gasteiger partial charge in [-0.1, -0.05) is 26.3 Å². The molecule has 85 heavy (non-hydrogen) atoms. The Morgan fingerprint density at radius 2 is 1.22 bits per heavy atom. The summed E-state index contributed by atoms with van der Waals surface area (Å²) in [6.45, 7) is 6.29. The number of fused-ring (bicyclic) bond motifs is 2. The standard InChI is InChI=1S/C55H76N6O20S2.2Ni/c1-54(2)38-30-36(82-81-80-76)22-24-40(38)60(28-13-5-7-20-46(62)56-26-11-9-16-42(52(72)73)58(32-48(64)65)33-49(66)67)44(54)18-15-19-45-55(3,4)39-31-37(83(77,78)79)23-25-41(39)61(45)29-14-6-8-21-47(63)57-27-12-10-17-43(53(74)75)59(34-50(68)69)35-51(70)71;;/h15,18-19,22-25,30-31,42-43H,5-14,16-17,20-21,26-29,32-35H2,1-4H3,(H9-,56,57,62,63,64,65,66,67,68,69,70,71,72,73,74,75,76,77,78,79);;/p-2. The molecule has 2 aliphatic heterocycles. The van der Waals surface area contributed by atoms with Crippen LogP contribution in [-0.2, 0) is 102 Å². The van der Waals surface area contributed by atoms with Crippen LogP contribution in [0.25, 0.3) is 0 Å². The molecule has 7 N–H and O–H groups in total. The van der Waals surface area contributed by atoms with Crippen molar-refractivity contribution >= 4 is 86.9 Å². The molecule has 0 aromatic heterocycles. The number of carbonyl (C=O) groups excluding carboxylic acids is 3. The molecule has 2 aromatic rings. The van der Waals surface area contributed by atoms with Crippen LogP contribution in [0.5, 0.6) is 0 Å². The summed E-state index contributed by atoms with van der Waals surface area (Å²) < 4.78 is 43.5. The van der Waals surface area contributed by atoms with Crippen molar-refractivity contribution in [2.45, 2.75) is 150 Å². The van der Waals surface area contributed by atoms with E-state index < -0.39 is 95.0 Å². The second kappa shape index (κ2) is 35.7. The van der Waals surface area contributed by atoms with Crippen molar-refractivity contribution in [2.24, 2.45) is 0 Å². The smallest absolute Gasteiger partial charge is 0.320 e. The summed E-state index contributed by atoms with van der Waals surface area (Å²) in [4.78, 5) is 98.0. The molecule has 2 aliphatic rings. The SMILES string of the molecule is CC1(C)C(=CC=CC2=[N+](CCCCCC(=O)NCCCCC(C(=O)O)N(CC(=O)O)CC(=O)O)c3ccc(SOO[O-])cc3C2(C)C)N(CCCCCC(=O)NCCCCC(C(=O)O)N(CC(=O)[O-])CC(=O)O)c2ccc(S(=O)(=O)[O-])cc21.[Ni].[Ni]. The molecule has 4 rings (SSSR count). The Bertz CT molecular complexity index is 2850. The van der Waals surface area contributed by atoms with Crippen LogP contribution in [0.1, 0.15) is 129 Å². The maximum atomic E-state index is 12.8. The van der Waals surface area contributed by atoms with Crippen LogP contribution in [0.3, 0.4) is 0 Å². The predicted molar refractivity (Wildman–Crippen MR) is 294 cm³/mol. The molecule has 0 saturated heterocycles. The average Bonchev–Trinajstić information content (AvgIpc) is 1.64. The zero-order valence-electron chi connectivity index (χ0n) is 47.5. The Morgan fingerprint density at radius 3 is 1.72 bits per heavy atom. The molecule has 0 fully saturated rings. The Hall–Kier alpha value is -5.80. The van der Waals surface area contributed by atoms with E-state index in [1.807, 2.05) is 44.2 Å². The van der Waals surface area contributed by atoms with Crippen molar-refractivity contribution in [3.05, 3.63) is 71.5 Å². The van der Waals surface area contributed by atoms with Gasteiger partial charge in [-0.3, -0.25) is 48.4 Å². The van der Waals surface area contributed by atoms with E-state index >= 15 is 0 Å². The first-order valence-corrected chi connectivity index (χ1v) is 29.3. The Labute approximate surface area is 517 Å². The van der Waals surface area contributed by atoms with Gasteiger partial charge in [0.05, 0.1) is 48.0 Å². The number of carboxylic acids is 6. The summed E-state index contributed by atoms with van der Waals surface area (Å²) in [7, 11) is -4.80. The number of nitrogens with zero attached hydrogens (tertiary/aromatic N) is 4. The number of hydrogen-bond donors (Lipinski definition) is 7. The molecule has 2 atom stereocenters. The van der Waals surface area contributed by atoms with Gasteiger partial charge in [0.1, 0.15) is 28.7 Å². The van der Waals surface area contributed by atoms with Crippen LogP contribution in [0, 0.1) is 0 Å². The molecule has 2 aromatic carbocycles. The van der Waals surface area contributed by atoms with Crippen LogP contribution in [0.4, 0.5) is 11.4 Å². The molecule has 30 heteroatoms. The summed E-state index contributed by atoms with van der Waals surface area (Å²) in [6, 6.07) is 7.24. The van der Waals surface area contributed by atoms with Crippen LogP contribution in [-0.4, -0.2) is 171 Å². The maximum absolute atomic E-state index is 12.8. The zero-order chi connectivity index (χ0) is 61.7. The van der Waals surface area contributed by atoms with Gasteiger partial charge >= 0.3 is 29.8 Å². The van der Waals surface area contributed by atoms with Crippen molar-refractivity contribution in [1.82, 2.24) is 20.4 Å². The van der Waals surface area contributed by atoms with Gasteiger partial charge < -0.3 is 60.8 Å². The monoisotopic (exact) mass is 1320 g/mol. The van der Waals surface area contributed by atoms with E-state index in [1.54, 1.807) is 12.1 Å². The van der Waals surface area contributed by atoms with Crippen LogP contribution in [0.2, 0.25) is 0 Å². The topological polar surface area (TPSA) is 396 Å². The molecule has 26 nitrogen and oxygen atoms in total. The van der Waals surface area contributed by atoms with Crippen molar-refractivity contribution in [1.29, 1.82) is 0 Å². The summed E-state index contributed by atoms with van der Waals surface area (Å²) in [5.74, 6) is -8.87. The first kappa shape index (κ1) is 75.3.